The molecule has 0 saturated heterocycles. The van der Waals surface area contributed by atoms with E-state index in [-0.39, 0.29) is 17.9 Å². The summed E-state index contributed by atoms with van der Waals surface area (Å²) in [5.41, 5.74) is 6.84. The first kappa shape index (κ1) is 13.4. The molecule has 18 heavy (non-hydrogen) atoms. The first-order valence-corrected chi connectivity index (χ1v) is 7.47. The zero-order chi connectivity index (χ0) is 13.0. The molecule has 0 spiro atoms. The standard InChI is InChI=1S/C14H20N2OS/c1-2-5-10(8-15)16-14(17)12-9-18-13-7-4-3-6-11(12)13/h3-4,6-7,10,12H,2,5,8-9,15H2,1H3,(H,16,17). The van der Waals surface area contributed by atoms with E-state index >= 15 is 0 Å². The van der Waals surface area contributed by atoms with Crippen molar-refractivity contribution in [2.24, 2.45) is 5.73 Å². The monoisotopic (exact) mass is 264 g/mol. The van der Waals surface area contributed by atoms with Gasteiger partial charge in [-0.15, -0.1) is 11.8 Å². The van der Waals surface area contributed by atoms with Gasteiger partial charge in [0.05, 0.1) is 5.92 Å². The molecule has 2 atom stereocenters. The van der Waals surface area contributed by atoms with Crippen molar-refractivity contribution in [1.29, 1.82) is 0 Å². The van der Waals surface area contributed by atoms with Crippen molar-refractivity contribution < 1.29 is 4.79 Å². The summed E-state index contributed by atoms with van der Waals surface area (Å²) in [5, 5.41) is 3.07. The molecule has 1 aliphatic heterocycles. The van der Waals surface area contributed by atoms with Crippen LogP contribution in [0.5, 0.6) is 0 Å². The van der Waals surface area contributed by atoms with Gasteiger partial charge in [-0.05, 0) is 18.1 Å². The molecule has 2 rings (SSSR count). The van der Waals surface area contributed by atoms with Gasteiger partial charge >= 0.3 is 0 Å². The number of carbonyl (C=O) groups excluding carboxylic acids is 1. The number of nitrogens with one attached hydrogen (secondary N) is 1. The predicted octanol–water partition coefficient (Wildman–Crippen LogP) is 2.12. The first-order valence-electron chi connectivity index (χ1n) is 6.48. The summed E-state index contributed by atoms with van der Waals surface area (Å²) in [5.74, 6) is 0.947. The second-order valence-electron chi connectivity index (χ2n) is 4.63. The number of hydrogen-bond donors (Lipinski definition) is 2. The lowest BCUT2D eigenvalue weighted by atomic mass is 10.00. The number of benzene rings is 1. The van der Waals surface area contributed by atoms with Crippen LogP contribution in [0.1, 0.15) is 31.2 Å². The number of rotatable bonds is 5. The third kappa shape index (κ3) is 2.87. The Kier molecular flexibility index (Phi) is 4.66. The SMILES string of the molecule is CCCC(CN)NC(=O)C1CSc2ccccc21. The molecule has 0 radical (unpaired) electrons. The van der Waals surface area contributed by atoms with E-state index in [1.54, 1.807) is 11.8 Å². The Bertz CT molecular complexity index is 422. The van der Waals surface area contributed by atoms with Gasteiger partial charge < -0.3 is 11.1 Å². The minimum Gasteiger partial charge on any atom is -0.352 e. The third-order valence-corrected chi connectivity index (χ3v) is 4.47. The van der Waals surface area contributed by atoms with E-state index in [1.165, 1.54) is 4.90 Å². The highest BCUT2D eigenvalue weighted by Gasteiger charge is 2.29. The number of carbonyl (C=O) groups is 1. The molecule has 0 saturated carbocycles. The van der Waals surface area contributed by atoms with Crippen molar-refractivity contribution in [1.82, 2.24) is 5.32 Å². The Morgan fingerprint density at radius 2 is 2.33 bits per heavy atom. The lowest BCUT2D eigenvalue weighted by molar-refractivity contribution is -0.122. The van der Waals surface area contributed by atoms with Crippen LogP contribution in [0.3, 0.4) is 0 Å². The molecule has 1 amide bonds. The van der Waals surface area contributed by atoms with E-state index in [4.69, 9.17) is 5.73 Å². The Hall–Kier alpha value is -1.00. The normalized spacial score (nSPS) is 19.3. The van der Waals surface area contributed by atoms with E-state index in [1.807, 2.05) is 12.1 Å². The number of thioether (sulfide) groups is 1. The molecule has 2 unspecified atom stereocenters. The molecule has 3 nitrogen and oxygen atoms in total. The Morgan fingerprint density at radius 3 is 3.06 bits per heavy atom. The van der Waals surface area contributed by atoms with Crippen molar-refractivity contribution in [2.75, 3.05) is 12.3 Å². The topological polar surface area (TPSA) is 55.1 Å². The maximum Gasteiger partial charge on any atom is 0.228 e. The van der Waals surface area contributed by atoms with Crippen LogP contribution >= 0.6 is 11.8 Å². The van der Waals surface area contributed by atoms with Gasteiger partial charge in [0.25, 0.3) is 0 Å². The number of amides is 1. The van der Waals surface area contributed by atoms with Crippen LogP contribution in [0.4, 0.5) is 0 Å². The molecule has 1 aromatic rings. The second-order valence-corrected chi connectivity index (χ2v) is 5.69. The largest absolute Gasteiger partial charge is 0.352 e. The minimum absolute atomic E-state index is 0.0166. The van der Waals surface area contributed by atoms with E-state index in [2.05, 4.69) is 24.4 Å². The van der Waals surface area contributed by atoms with Crippen LogP contribution in [-0.4, -0.2) is 24.2 Å². The Balaban J connectivity index is 2.03. The Morgan fingerprint density at radius 1 is 1.56 bits per heavy atom. The highest BCUT2D eigenvalue weighted by atomic mass is 32.2. The summed E-state index contributed by atoms with van der Waals surface area (Å²) in [6.45, 7) is 2.62. The highest BCUT2D eigenvalue weighted by molar-refractivity contribution is 7.99. The molecule has 4 heteroatoms. The van der Waals surface area contributed by atoms with Crippen LogP contribution in [0, 0.1) is 0 Å². The lowest BCUT2D eigenvalue weighted by Gasteiger charge is -2.19. The summed E-state index contributed by atoms with van der Waals surface area (Å²) in [7, 11) is 0. The second kappa shape index (κ2) is 6.25. The zero-order valence-electron chi connectivity index (χ0n) is 10.7. The van der Waals surface area contributed by atoms with Crippen LogP contribution in [0.25, 0.3) is 0 Å². The third-order valence-electron chi connectivity index (χ3n) is 3.28. The molecule has 1 aliphatic rings. The number of fused-ring (bicyclic) bond motifs is 1. The van der Waals surface area contributed by atoms with Crippen molar-refractivity contribution in [3.63, 3.8) is 0 Å². The van der Waals surface area contributed by atoms with E-state index < -0.39 is 0 Å². The summed E-state index contributed by atoms with van der Waals surface area (Å²) < 4.78 is 0. The summed E-state index contributed by atoms with van der Waals surface area (Å²) >= 11 is 1.76. The number of hydrogen-bond acceptors (Lipinski definition) is 3. The van der Waals surface area contributed by atoms with Gasteiger partial charge in [-0.25, -0.2) is 0 Å². The molecule has 0 bridgehead atoms. The zero-order valence-corrected chi connectivity index (χ0v) is 11.5. The quantitative estimate of drug-likeness (QED) is 0.856. The maximum atomic E-state index is 12.3. The first-order chi connectivity index (χ1) is 8.76. The number of nitrogens with two attached hydrogens (primary N) is 1. The van der Waals surface area contributed by atoms with E-state index in [0.717, 1.165) is 24.2 Å². The molecule has 3 N–H and O–H groups in total. The lowest BCUT2D eigenvalue weighted by Crippen LogP contribution is -2.42. The highest BCUT2D eigenvalue weighted by Crippen LogP contribution is 2.39. The van der Waals surface area contributed by atoms with Gasteiger partial charge in [0.15, 0.2) is 0 Å². The predicted molar refractivity (Wildman–Crippen MR) is 75.8 cm³/mol. The summed E-state index contributed by atoms with van der Waals surface area (Å²) in [4.78, 5) is 13.5. The molecule has 1 heterocycles. The van der Waals surface area contributed by atoms with Gasteiger partial charge in [-0.1, -0.05) is 31.5 Å². The van der Waals surface area contributed by atoms with E-state index in [0.29, 0.717) is 6.54 Å². The molecule has 0 aliphatic carbocycles. The fraction of sp³-hybridized carbons (Fsp3) is 0.500. The van der Waals surface area contributed by atoms with Crippen molar-refractivity contribution in [2.45, 2.75) is 36.6 Å². The Labute approximate surface area is 113 Å². The van der Waals surface area contributed by atoms with Crippen LogP contribution < -0.4 is 11.1 Å². The smallest absolute Gasteiger partial charge is 0.228 e. The average molecular weight is 264 g/mol. The fourth-order valence-electron chi connectivity index (χ4n) is 2.28. The van der Waals surface area contributed by atoms with Gasteiger partial charge in [0.1, 0.15) is 0 Å². The van der Waals surface area contributed by atoms with Crippen molar-refractivity contribution in [3.8, 4) is 0 Å². The molecular weight excluding hydrogens is 244 g/mol. The van der Waals surface area contributed by atoms with Gasteiger partial charge in [0.2, 0.25) is 5.91 Å². The van der Waals surface area contributed by atoms with Gasteiger partial charge in [-0.2, -0.15) is 0 Å². The summed E-state index contributed by atoms with van der Waals surface area (Å²) in [6.07, 6.45) is 1.99. The maximum absolute atomic E-state index is 12.3. The van der Waals surface area contributed by atoms with E-state index in [9.17, 15) is 4.79 Å². The van der Waals surface area contributed by atoms with Crippen LogP contribution in [0.15, 0.2) is 29.2 Å². The van der Waals surface area contributed by atoms with Gasteiger partial charge in [-0.3, -0.25) is 4.79 Å². The fourth-order valence-corrected chi connectivity index (χ4v) is 3.51. The molecule has 98 valence electrons. The van der Waals surface area contributed by atoms with Gasteiger partial charge in [0, 0.05) is 23.2 Å². The average Bonchev–Trinajstić information content (AvgIpc) is 2.82. The van der Waals surface area contributed by atoms with Crippen LogP contribution in [-0.2, 0) is 4.79 Å². The molecular formula is C14H20N2OS. The molecule has 0 aromatic heterocycles. The van der Waals surface area contributed by atoms with Crippen molar-refractivity contribution >= 4 is 17.7 Å². The van der Waals surface area contributed by atoms with Crippen molar-refractivity contribution in [3.05, 3.63) is 29.8 Å². The summed E-state index contributed by atoms with van der Waals surface area (Å²) in [6, 6.07) is 8.26. The molecule has 0 fully saturated rings. The van der Waals surface area contributed by atoms with Crippen LogP contribution in [0.2, 0.25) is 0 Å². The molecule has 1 aromatic carbocycles. The minimum atomic E-state index is -0.0166.